The Morgan fingerprint density at radius 2 is 2.11 bits per heavy atom. The molecule has 100 valence electrons. The van der Waals surface area contributed by atoms with Gasteiger partial charge in [-0.15, -0.1) is 0 Å². The summed E-state index contributed by atoms with van der Waals surface area (Å²) in [6.45, 7) is 1.79. The molecule has 0 saturated carbocycles. The van der Waals surface area contributed by atoms with E-state index in [9.17, 15) is 9.59 Å². The standard InChI is InChI=1S/C11H18N4O3/c1-8(9-5-6-18-13-9)15(4)10(16)7-12-11(17)14(2)3/h5-6,8H,7H2,1-4H3,(H,12,17). The highest BCUT2D eigenvalue weighted by atomic mass is 16.5. The molecule has 1 N–H and O–H groups in total. The number of amides is 3. The molecule has 0 spiro atoms. The fraction of sp³-hybridized carbons (Fsp3) is 0.545. The van der Waals surface area contributed by atoms with E-state index in [1.165, 1.54) is 16.1 Å². The molecule has 0 bridgehead atoms. The molecule has 1 rings (SSSR count). The normalized spacial score (nSPS) is 11.8. The molecule has 18 heavy (non-hydrogen) atoms. The van der Waals surface area contributed by atoms with Gasteiger partial charge in [-0.1, -0.05) is 5.16 Å². The number of nitrogens with zero attached hydrogens (tertiary/aromatic N) is 3. The summed E-state index contributed by atoms with van der Waals surface area (Å²) in [6.07, 6.45) is 1.46. The van der Waals surface area contributed by atoms with E-state index < -0.39 is 0 Å². The van der Waals surface area contributed by atoms with Crippen molar-refractivity contribution >= 4 is 11.9 Å². The number of carbonyl (C=O) groups is 2. The van der Waals surface area contributed by atoms with Gasteiger partial charge >= 0.3 is 6.03 Å². The Morgan fingerprint density at radius 3 is 2.61 bits per heavy atom. The van der Waals surface area contributed by atoms with Gasteiger partial charge in [-0.3, -0.25) is 4.79 Å². The average Bonchev–Trinajstić information content (AvgIpc) is 2.87. The van der Waals surface area contributed by atoms with Crippen molar-refractivity contribution in [2.45, 2.75) is 13.0 Å². The van der Waals surface area contributed by atoms with E-state index >= 15 is 0 Å². The average molecular weight is 254 g/mol. The summed E-state index contributed by atoms with van der Waals surface area (Å²) in [5.74, 6) is -0.194. The lowest BCUT2D eigenvalue weighted by atomic mass is 10.2. The number of rotatable bonds is 4. The highest BCUT2D eigenvalue weighted by Gasteiger charge is 2.19. The van der Waals surface area contributed by atoms with Crippen molar-refractivity contribution in [1.29, 1.82) is 0 Å². The first-order valence-corrected chi connectivity index (χ1v) is 5.54. The largest absolute Gasteiger partial charge is 0.364 e. The number of aromatic nitrogens is 1. The number of hydrogen-bond acceptors (Lipinski definition) is 4. The molecule has 1 aromatic rings. The van der Waals surface area contributed by atoms with Gasteiger partial charge in [0.1, 0.15) is 12.0 Å². The molecule has 0 aliphatic heterocycles. The van der Waals surface area contributed by atoms with Crippen molar-refractivity contribution in [3.8, 4) is 0 Å². The summed E-state index contributed by atoms with van der Waals surface area (Å²) in [5, 5.41) is 6.29. The number of urea groups is 1. The van der Waals surface area contributed by atoms with Crippen LogP contribution in [0.15, 0.2) is 16.9 Å². The van der Waals surface area contributed by atoms with Gasteiger partial charge < -0.3 is 19.6 Å². The minimum Gasteiger partial charge on any atom is -0.364 e. The highest BCUT2D eigenvalue weighted by molar-refractivity contribution is 5.83. The van der Waals surface area contributed by atoms with Crippen LogP contribution in [0.1, 0.15) is 18.7 Å². The molecule has 0 saturated heterocycles. The van der Waals surface area contributed by atoms with Crippen molar-refractivity contribution in [1.82, 2.24) is 20.3 Å². The third-order valence-corrected chi connectivity index (χ3v) is 2.66. The Kier molecular flexibility index (Phi) is 4.70. The molecule has 0 aliphatic rings. The maximum atomic E-state index is 11.8. The van der Waals surface area contributed by atoms with Gasteiger partial charge in [0.2, 0.25) is 5.91 Å². The molecular weight excluding hydrogens is 236 g/mol. The second kappa shape index (κ2) is 6.04. The molecule has 0 aliphatic carbocycles. The third-order valence-electron chi connectivity index (χ3n) is 2.66. The summed E-state index contributed by atoms with van der Waals surface area (Å²) in [5.41, 5.74) is 0.671. The van der Waals surface area contributed by atoms with Gasteiger partial charge in [0.05, 0.1) is 12.6 Å². The minimum atomic E-state index is -0.300. The molecular formula is C11H18N4O3. The summed E-state index contributed by atoms with van der Waals surface area (Å²) < 4.78 is 4.73. The first-order chi connectivity index (χ1) is 8.43. The number of hydrogen-bond donors (Lipinski definition) is 1. The van der Waals surface area contributed by atoms with Crippen LogP contribution >= 0.6 is 0 Å². The van der Waals surface area contributed by atoms with E-state index in [4.69, 9.17) is 4.52 Å². The molecule has 1 atom stereocenters. The molecule has 0 fully saturated rings. The zero-order valence-corrected chi connectivity index (χ0v) is 11.0. The number of nitrogens with one attached hydrogen (secondary N) is 1. The van der Waals surface area contributed by atoms with Crippen LogP contribution in [0, 0.1) is 0 Å². The molecule has 1 unspecified atom stereocenters. The molecule has 1 heterocycles. The Morgan fingerprint density at radius 1 is 1.44 bits per heavy atom. The second-order valence-corrected chi connectivity index (χ2v) is 4.16. The van der Waals surface area contributed by atoms with Crippen molar-refractivity contribution in [2.24, 2.45) is 0 Å². The van der Waals surface area contributed by atoms with E-state index in [0.29, 0.717) is 5.69 Å². The first-order valence-electron chi connectivity index (χ1n) is 5.54. The molecule has 7 nitrogen and oxygen atoms in total. The van der Waals surface area contributed by atoms with E-state index in [1.807, 2.05) is 6.92 Å². The predicted molar refractivity (Wildman–Crippen MR) is 64.8 cm³/mol. The third kappa shape index (κ3) is 3.47. The monoisotopic (exact) mass is 254 g/mol. The van der Waals surface area contributed by atoms with Gasteiger partial charge in [-0.2, -0.15) is 0 Å². The molecule has 3 amide bonds. The maximum absolute atomic E-state index is 11.8. The zero-order chi connectivity index (χ0) is 13.7. The predicted octanol–water partition coefficient (Wildman–Crippen LogP) is 0.465. The van der Waals surface area contributed by atoms with Crippen LogP contribution in [0.4, 0.5) is 4.79 Å². The minimum absolute atomic E-state index is 0.0459. The van der Waals surface area contributed by atoms with Gasteiger partial charge in [0, 0.05) is 27.2 Å². The Hall–Kier alpha value is -2.05. The van der Waals surface area contributed by atoms with Crippen LogP contribution in [0.3, 0.4) is 0 Å². The number of likely N-dealkylation sites (N-methyl/N-ethyl adjacent to an activating group) is 1. The van der Waals surface area contributed by atoms with Crippen LogP contribution in [-0.4, -0.2) is 54.6 Å². The fourth-order valence-corrected chi connectivity index (χ4v) is 1.29. The summed E-state index contributed by atoms with van der Waals surface area (Å²) in [6, 6.07) is 1.20. The van der Waals surface area contributed by atoms with Crippen LogP contribution in [0.25, 0.3) is 0 Å². The Balaban J connectivity index is 2.49. The van der Waals surface area contributed by atoms with Gasteiger partial charge in [-0.05, 0) is 6.92 Å². The SMILES string of the molecule is CC(c1ccon1)N(C)C(=O)CNC(=O)N(C)C. The van der Waals surface area contributed by atoms with Crippen LogP contribution < -0.4 is 5.32 Å². The van der Waals surface area contributed by atoms with Crippen molar-refractivity contribution < 1.29 is 14.1 Å². The lowest BCUT2D eigenvalue weighted by molar-refractivity contribution is -0.130. The second-order valence-electron chi connectivity index (χ2n) is 4.16. The fourth-order valence-electron chi connectivity index (χ4n) is 1.29. The van der Waals surface area contributed by atoms with Crippen LogP contribution in [0.5, 0.6) is 0 Å². The molecule has 7 heteroatoms. The Labute approximate surface area is 106 Å². The Bertz CT molecular complexity index is 402. The zero-order valence-electron chi connectivity index (χ0n) is 11.0. The summed E-state index contributed by atoms with van der Waals surface area (Å²) in [4.78, 5) is 26.0. The van der Waals surface area contributed by atoms with Crippen LogP contribution in [0.2, 0.25) is 0 Å². The van der Waals surface area contributed by atoms with Gasteiger partial charge in [0.15, 0.2) is 0 Å². The quantitative estimate of drug-likeness (QED) is 0.847. The van der Waals surface area contributed by atoms with Crippen molar-refractivity contribution in [2.75, 3.05) is 27.7 Å². The van der Waals surface area contributed by atoms with Gasteiger partial charge in [0.25, 0.3) is 0 Å². The van der Waals surface area contributed by atoms with E-state index in [0.717, 1.165) is 0 Å². The van der Waals surface area contributed by atoms with Crippen molar-refractivity contribution in [3.05, 3.63) is 18.0 Å². The van der Waals surface area contributed by atoms with E-state index in [1.54, 1.807) is 27.2 Å². The first kappa shape index (κ1) is 14.0. The maximum Gasteiger partial charge on any atom is 0.317 e. The van der Waals surface area contributed by atoms with E-state index in [-0.39, 0.29) is 24.5 Å². The summed E-state index contributed by atoms with van der Waals surface area (Å²) >= 11 is 0. The van der Waals surface area contributed by atoms with Crippen molar-refractivity contribution in [3.63, 3.8) is 0 Å². The lowest BCUT2D eigenvalue weighted by Gasteiger charge is -2.23. The summed E-state index contributed by atoms with van der Waals surface area (Å²) in [7, 11) is 4.88. The number of carbonyl (C=O) groups excluding carboxylic acids is 2. The van der Waals surface area contributed by atoms with Gasteiger partial charge in [-0.25, -0.2) is 4.79 Å². The molecule has 0 aromatic carbocycles. The highest BCUT2D eigenvalue weighted by Crippen LogP contribution is 2.15. The van der Waals surface area contributed by atoms with Crippen LogP contribution in [-0.2, 0) is 4.79 Å². The lowest BCUT2D eigenvalue weighted by Crippen LogP contribution is -2.42. The topological polar surface area (TPSA) is 78.7 Å². The van der Waals surface area contributed by atoms with E-state index in [2.05, 4.69) is 10.5 Å². The molecule has 0 radical (unpaired) electrons. The smallest absolute Gasteiger partial charge is 0.317 e. The molecule has 1 aromatic heterocycles.